The van der Waals surface area contributed by atoms with Crippen molar-refractivity contribution < 1.29 is 23.9 Å². The summed E-state index contributed by atoms with van der Waals surface area (Å²) in [6.07, 6.45) is 3.81. The lowest BCUT2D eigenvalue weighted by Gasteiger charge is -2.48. The van der Waals surface area contributed by atoms with Crippen LogP contribution < -0.4 is 4.74 Å². The van der Waals surface area contributed by atoms with Gasteiger partial charge in [0.2, 0.25) is 0 Å². The molecule has 0 bridgehead atoms. The summed E-state index contributed by atoms with van der Waals surface area (Å²) in [5.74, 6) is 1.14. The number of benzene rings is 1. The molecular formula is C22H26O5. The summed E-state index contributed by atoms with van der Waals surface area (Å²) in [7, 11) is 0. The van der Waals surface area contributed by atoms with Crippen molar-refractivity contribution in [1.29, 1.82) is 0 Å². The van der Waals surface area contributed by atoms with Gasteiger partial charge in [0, 0.05) is 19.3 Å². The summed E-state index contributed by atoms with van der Waals surface area (Å²) >= 11 is 0. The van der Waals surface area contributed by atoms with Crippen LogP contribution in [0, 0.1) is 17.3 Å². The maximum absolute atomic E-state index is 12.9. The average molecular weight is 370 g/mol. The molecule has 5 heteroatoms. The highest BCUT2D eigenvalue weighted by atomic mass is 16.5. The predicted molar refractivity (Wildman–Crippen MR) is 98.3 cm³/mol. The Morgan fingerprint density at radius 1 is 1.15 bits per heavy atom. The van der Waals surface area contributed by atoms with Crippen LogP contribution in [0.25, 0.3) is 0 Å². The number of ketones is 1. The molecule has 1 aromatic carbocycles. The maximum atomic E-state index is 12.9. The van der Waals surface area contributed by atoms with Crippen LogP contribution in [-0.2, 0) is 25.5 Å². The third kappa shape index (κ3) is 2.97. The van der Waals surface area contributed by atoms with E-state index in [2.05, 4.69) is 13.0 Å². The number of aryl methyl sites for hydroxylation is 1. The van der Waals surface area contributed by atoms with Gasteiger partial charge in [0.15, 0.2) is 11.9 Å². The van der Waals surface area contributed by atoms with Gasteiger partial charge in [0.05, 0.1) is 0 Å². The average Bonchev–Trinajstić information content (AvgIpc) is 2.85. The van der Waals surface area contributed by atoms with Crippen LogP contribution >= 0.6 is 0 Å². The Morgan fingerprint density at radius 2 is 1.93 bits per heavy atom. The lowest BCUT2D eigenvalue weighted by atomic mass is 9.55. The van der Waals surface area contributed by atoms with Gasteiger partial charge in [-0.05, 0) is 73.1 Å². The van der Waals surface area contributed by atoms with Crippen molar-refractivity contribution in [3.8, 4) is 5.75 Å². The first-order valence-electron chi connectivity index (χ1n) is 9.82. The van der Waals surface area contributed by atoms with Gasteiger partial charge in [-0.1, -0.05) is 13.0 Å². The molecule has 0 heterocycles. The van der Waals surface area contributed by atoms with E-state index in [4.69, 9.17) is 9.47 Å². The van der Waals surface area contributed by atoms with E-state index in [0.717, 1.165) is 25.7 Å². The quantitative estimate of drug-likeness (QED) is 0.588. The highest BCUT2D eigenvalue weighted by molar-refractivity contribution is 5.93. The molecule has 0 amide bonds. The van der Waals surface area contributed by atoms with E-state index < -0.39 is 6.10 Å². The van der Waals surface area contributed by atoms with Crippen molar-refractivity contribution in [2.75, 3.05) is 0 Å². The summed E-state index contributed by atoms with van der Waals surface area (Å²) in [6, 6.07) is 5.95. The maximum Gasteiger partial charge on any atom is 0.308 e. The zero-order valence-corrected chi connectivity index (χ0v) is 16.1. The van der Waals surface area contributed by atoms with E-state index >= 15 is 0 Å². The van der Waals surface area contributed by atoms with E-state index in [-0.39, 0.29) is 29.1 Å². The van der Waals surface area contributed by atoms with Gasteiger partial charge in [0.1, 0.15) is 5.75 Å². The normalized spacial score (nSPS) is 34.3. The molecule has 27 heavy (non-hydrogen) atoms. The molecule has 2 saturated carbocycles. The number of fused-ring (bicyclic) bond motifs is 5. The van der Waals surface area contributed by atoms with Crippen molar-refractivity contribution in [2.24, 2.45) is 17.3 Å². The molecule has 0 saturated heterocycles. The number of Topliss-reactive ketones (excluding diaryl/α,β-unsaturated/α-hetero) is 1. The van der Waals surface area contributed by atoms with Gasteiger partial charge in [-0.3, -0.25) is 14.4 Å². The Bertz CT molecular complexity index is 813. The Kier molecular flexibility index (Phi) is 4.36. The first-order valence-corrected chi connectivity index (χ1v) is 9.82. The number of hydrogen-bond acceptors (Lipinski definition) is 5. The fraction of sp³-hybridized carbons (Fsp3) is 0.591. The minimum absolute atomic E-state index is 0.108. The number of ether oxygens (including phenoxy) is 2. The SMILES string of the molecule is CC(=O)Oc1ccc2c(c1)CCC1C2CCC2(C)C(=O)C(OC(C)=O)CC12. The molecule has 5 atom stereocenters. The molecule has 4 rings (SSSR count). The molecule has 1 aromatic rings. The van der Waals surface area contributed by atoms with E-state index in [0.29, 0.717) is 24.0 Å². The topological polar surface area (TPSA) is 69.7 Å². The second-order valence-corrected chi connectivity index (χ2v) is 8.52. The van der Waals surface area contributed by atoms with E-state index in [1.165, 1.54) is 25.0 Å². The smallest absolute Gasteiger partial charge is 0.308 e. The zero-order chi connectivity index (χ0) is 19.3. The molecule has 0 aliphatic heterocycles. The first-order chi connectivity index (χ1) is 12.8. The number of hydrogen-bond donors (Lipinski definition) is 0. The summed E-state index contributed by atoms with van der Waals surface area (Å²) in [4.78, 5) is 35.6. The molecule has 3 aliphatic carbocycles. The Balaban J connectivity index is 1.61. The third-order valence-electron chi connectivity index (χ3n) is 6.98. The molecule has 144 valence electrons. The van der Waals surface area contributed by atoms with Crippen LogP contribution in [0.5, 0.6) is 5.75 Å². The molecular weight excluding hydrogens is 344 g/mol. The van der Waals surface area contributed by atoms with Gasteiger partial charge in [-0.2, -0.15) is 0 Å². The second kappa shape index (κ2) is 6.47. The van der Waals surface area contributed by atoms with Crippen LogP contribution in [-0.4, -0.2) is 23.8 Å². The monoisotopic (exact) mass is 370 g/mol. The van der Waals surface area contributed by atoms with Crippen LogP contribution in [0.2, 0.25) is 0 Å². The van der Waals surface area contributed by atoms with Crippen molar-refractivity contribution in [3.05, 3.63) is 29.3 Å². The summed E-state index contributed by atoms with van der Waals surface area (Å²) < 4.78 is 10.6. The highest BCUT2D eigenvalue weighted by Gasteiger charge is 2.59. The fourth-order valence-corrected chi connectivity index (χ4v) is 5.86. The molecule has 5 unspecified atom stereocenters. The summed E-state index contributed by atoms with van der Waals surface area (Å²) in [5.41, 5.74) is 2.20. The lowest BCUT2D eigenvalue weighted by Crippen LogP contribution is -2.43. The molecule has 5 nitrogen and oxygen atoms in total. The standard InChI is InChI=1S/C22H26O5/c1-12(23)26-15-5-7-16-14(10-15)4-6-18-17(16)8-9-22(3)19(18)11-20(21(22)25)27-13(2)24/h5,7,10,17-20H,4,6,8-9,11H2,1-3H3. The Morgan fingerprint density at radius 3 is 2.63 bits per heavy atom. The van der Waals surface area contributed by atoms with E-state index in [9.17, 15) is 14.4 Å². The predicted octanol–water partition coefficient (Wildman–Crippen LogP) is 3.58. The number of carbonyl (C=O) groups is 3. The molecule has 0 spiro atoms. The summed E-state index contributed by atoms with van der Waals surface area (Å²) in [5, 5.41) is 0. The van der Waals surface area contributed by atoms with Crippen molar-refractivity contribution in [1.82, 2.24) is 0 Å². The van der Waals surface area contributed by atoms with Gasteiger partial charge < -0.3 is 9.47 Å². The Hall–Kier alpha value is -2.17. The van der Waals surface area contributed by atoms with Gasteiger partial charge in [-0.15, -0.1) is 0 Å². The van der Waals surface area contributed by atoms with Crippen LogP contribution in [0.4, 0.5) is 0 Å². The molecule has 0 aromatic heterocycles. The third-order valence-corrected chi connectivity index (χ3v) is 6.98. The Labute approximate surface area is 159 Å². The van der Waals surface area contributed by atoms with Gasteiger partial charge in [-0.25, -0.2) is 0 Å². The zero-order valence-electron chi connectivity index (χ0n) is 16.1. The molecule has 2 fully saturated rings. The number of esters is 2. The lowest BCUT2D eigenvalue weighted by molar-refractivity contribution is -0.153. The largest absolute Gasteiger partial charge is 0.455 e. The van der Waals surface area contributed by atoms with Crippen molar-refractivity contribution in [3.63, 3.8) is 0 Å². The van der Waals surface area contributed by atoms with Crippen LogP contribution in [0.1, 0.15) is 63.5 Å². The van der Waals surface area contributed by atoms with Crippen molar-refractivity contribution in [2.45, 2.75) is 64.9 Å². The van der Waals surface area contributed by atoms with E-state index in [1.807, 2.05) is 12.1 Å². The van der Waals surface area contributed by atoms with Gasteiger partial charge in [0.25, 0.3) is 0 Å². The first kappa shape index (κ1) is 18.2. The molecule has 0 N–H and O–H groups in total. The van der Waals surface area contributed by atoms with Gasteiger partial charge >= 0.3 is 11.9 Å². The highest BCUT2D eigenvalue weighted by Crippen LogP contribution is 2.60. The number of carbonyl (C=O) groups excluding carboxylic acids is 3. The van der Waals surface area contributed by atoms with Crippen LogP contribution in [0.15, 0.2) is 18.2 Å². The fourth-order valence-electron chi connectivity index (χ4n) is 5.86. The van der Waals surface area contributed by atoms with Crippen LogP contribution in [0.3, 0.4) is 0 Å². The number of rotatable bonds is 2. The molecule has 0 radical (unpaired) electrons. The second-order valence-electron chi connectivity index (χ2n) is 8.52. The minimum Gasteiger partial charge on any atom is -0.455 e. The summed E-state index contributed by atoms with van der Waals surface area (Å²) in [6.45, 7) is 4.85. The molecule has 3 aliphatic rings. The minimum atomic E-state index is -0.580. The van der Waals surface area contributed by atoms with Crippen molar-refractivity contribution >= 4 is 17.7 Å². The van der Waals surface area contributed by atoms with E-state index in [1.54, 1.807) is 0 Å².